The highest BCUT2D eigenvalue weighted by Gasteiger charge is 2.47. The van der Waals surface area contributed by atoms with Crippen LogP contribution in [0.3, 0.4) is 0 Å². The molecule has 1 fully saturated rings. The molecule has 2 unspecified atom stereocenters. The Morgan fingerprint density at radius 2 is 1.57 bits per heavy atom. The molecule has 3 N–H and O–H groups in total. The van der Waals surface area contributed by atoms with Crippen molar-refractivity contribution in [3.8, 4) is 0 Å². The zero-order valence-corrected chi connectivity index (χ0v) is 13.5. The molecule has 0 heterocycles. The summed E-state index contributed by atoms with van der Waals surface area (Å²) in [5.74, 6) is -0.749. The van der Waals surface area contributed by atoms with Crippen molar-refractivity contribution in [2.24, 2.45) is 11.8 Å². The first-order valence-electron chi connectivity index (χ1n) is 7.97. The molecule has 0 bridgehead atoms. The number of unbranched alkanes of at least 4 members (excludes halogenated alkanes) is 1. The van der Waals surface area contributed by atoms with Crippen LogP contribution in [0.4, 0.5) is 11.4 Å². The van der Waals surface area contributed by atoms with Crippen molar-refractivity contribution in [3.63, 3.8) is 0 Å². The Kier molecular flexibility index (Phi) is 5.73. The normalized spacial score (nSPS) is 18.9. The molecule has 3 amide bonds. The van der Waals surface area contributed by atoms with Crippen molar-refractivity contribution >= 4 is 29.1 Å². The Morgan fingerprint density at radius 3 is 2.13 bits per heavy atom. The summed E-state index contributed by atoms with van der Waals surface area (Å²) in [5, 5.41) is 8.33. The second-order valence-electron chi connectivity index (χ2n) is 5.84. The molecular weight excluding hydrogens is 294 g/mol. The number of nitrogens with one attached hydrogen (secondary N) is 3. The van der Waals surface area contributed by atoms with Gasteiger partial charge in [0.15, 0.2) is 0 Å². The topological polar surface area (TPSA) is 87.3 Å². The standard InChI is InChI=1S/C17H23N3O3/c1-3-4-9-18-16(22)14-10-15(14)17(23)20-13-7-5-12(6-8-13)19-11(2)21/h5-8,14-15H,3-4,9-10H2,1-2H3,(H,18,22)(H,19,21)(H,20,23). The Morgan fingerprint density at radius 1 is 1.00 bits per heavy atom. The first-order valence-corrected chi connectivity index (χ1v) is 7.97. The van der Waals surface area contributed by atoms with E-state index in [1.54, 1.807) is 24.3 Å². The number of hydrogen-bond donors (Lipinski definition) is 3. The minimum atomic E-state index is -0.244. The fraction of sp³-hybridized carbons (Fsp3) is 0.471. The zero-order chi connectivity index (χ0) is 16.8. The molecule has 1 aromatic rings. The van der Waals surface area contributed by atoms with Gasteiger partial charge in [-0.3, -0.25) is 14.4 Å². The number of rotatable bonds is 7. The van der Waals surface area contributed by atoms with Gasteiger partial charge in [0.1, 0.15) is 0 Å². The van der Waals surface area contributed by atoms with Crippen LogP contribution in [0.5, 0.6) is 0 Å². The van der Waals surface area contributed by atoms with E-state index in [2.05, 4.69) is 22.9 Å². The van der Waals surface area contributed by atoms with Gasteiger partial charge in [0.25, 0.3) is 0 Å². The quantitative estimate of drug-likeness (QED) is 0.673. The molecule has 124 valence electrons. The summed E-state index contributed by atoms with van der Waals surface area (Å²) in [7, 11) is 0. The van der Waals surface area contributed by atoms with E-state index in [1.807, 2.05) is 0 Å². The molecule has 23 heavy (non-hydrogen) atoms. The molecule has 1 aliphatic rings. The minimum Gasteiger partial charge on any atom is -0.356 e. The molecule has 2 atom stereocenters. The third-order valence-electron chi connectivity index (χ3n) is 3.77. The van der Waals surface area contributed by atoms with E-state index in [9.17, 15) is 14.4 Å². The van der Waals surface area contributed by atoms with E-state index in [4.69, 9.17) is 0 Å². The van der Waals surface area contributed by atoms with Gasteiger partial charge < -0.3 is 16.0 Å². The summed E-state index contributed by atoms with van der Waals surface area (Å²) in [5.41, 5.74) is 1.33. The lowest BCUT2D eigenvalue weighted by Crippen LogP contribution is -2.28. The Balaban J connectivity index is 1.79. The maximum atomic E-state index is 12.1. The van der Waals surface area contributed by atoms with Crippen molar-refractivity contribution in [2.45, 2.75) is 33.1 Å². The van der Waals surface area contributed by atoms with Gasteiger partial charge in [-0.1, -0.05) is 13.3 Å². The summed E-state index contributed by atoms with van der Waals surface area (Å²) in [4.78, 5) is 34.9. The average Bonchev–Trinajstić information content (AvgIpc) is 3.29. The van der Waals surface area contributed by atoms with Gasteiger partial charge in [0, 0.05) is 24.8 Å². The maximum absolute atomic E-state index is 12.1. The van der Waals surface area contributed by atoms with Gasteiger partial charge in [-0.05, 0) is 37.1 Å². The lowest BCUT2D eigenvalue weighted by molar-refractivity contribution is -0.125. The lowest BCUT2D eigenvalue weighted by atomic mass is 10.2. The van der Waals surface area contributed by atoms with Crippen LogP contribution in [-0.2, 0) is 14.4 Å². The molecular formula is C17H23N3O3. The molecule has 0 aliphatic heterocycles. The predicted molar refractivity (Wildman–Crippen MR) is 88.9 cm³/mol. The molecule has 2 rings (SSSR count). The second kappa shape index (κ2) is 7.76. The van der Waals surface area contributed by atoms with E-state index in [0.717, 1.165) is 12.8 Å². The Bertz CT molecular complexity index is 583. The van der Waals surface area contributed by atoms with Crippen molar-refractivity contribution in [1.29, 1.82) is 0 Å². The fourth-order valence-electron chi connectivity index (χ4n) is 2.37. The second-order valence-corrected chi connectivity index (χ2v) is 5.84. The van der Waals surface area contributed by atoms with Crippen molar-refractivity contribution in [1.82, 2.24) is 5.32 Å². The number of carbonyl (C=O) groups is 3. The third-order valence-corrected chi connectivity index (χ3v) is 3.77. The summed E-state index contributed by atoms with van der Waals surface area (Å²) < 4.78 is 0. The molecule has 0 saturated heterocycles. The van der Waals surface area contributed by atoms with Crippen LogP contribution in [0.25, 0.3) is 0 Å². The van der Waals surface area contributed by atoms with Crippen LogP contribution in [0.1, 0.15) is 33.1 Å². The largest absolute Gasteiger partial charge is 0.356 e. The number of amides is 3. The summed E-state index contributed by atoms with van der Waals surface area (Å²) >= 11 is 0. The van der Waals surface area contributed by atoms with E-state index in [0.29, 0.717) is 24.3 Å². The molecule has 0 aromatic heterocycles. The van der Waals surface area contributed by atoms with E-state index in [-0.39, 0.29) is 29.6 Å². The van der Waals surface area contributed by atoms with Crippen LogP contribution in [0.15, 0.2) is 24.3 Å². The monoisotopic (exact) mass is 317 g/mol. The van der Waals surface area contributed by atoms with Gasteiger partial charge in [-0.15, -0.1) is 0 Å². The zero-order valence-electron chi connectivity index (χ0n) is 13.5. The Hall–Kier alpha value is -2.37. The molecule has 6 heteroatoms. The van der Waals surface area contributed by atoms with E-state index in [1.165, 1.54) is 6.92 Å². The lowest BCUT2D eigenvalue weighted by Gasteiger charge is -2.07. The molecule has 6 nitrogen and oxygen atoms in total. The number of benzene rings is 1. The smallest absolute Gasteiger partial charge is 0.228 e. The van der Waals surface area contributed by atoms with Crippen molar-refractivity contribution < 1.29 is 14.4 Å². The third kappa shape index (κ3) is 5.09. The van der Waals surface area contributed by atoms with E-state index >= 15 is 0 Å². The first kappa shape index (κ1) is 17.0. The summed E-state index contributed by atoms with van der Waals surface area (Å²) in [6.07, 6.45) is 2.59. The summed E-state index contributed by atoms with van der Waals surface area (Å²) in [6, 6.07) is 6.89. The van der Waals surface area contributed by atoms with Crippen LogP contribution < -0.4 is 16.0 Å². The highest BCUT2D eigenvalue weighted by atomic mass is 16.2. The fourth-order valence-corrected chi connectivity index (χ4v) is 2.37. The van der Waals surface area contributed by atoms with Gasteiger partial charge in [0.2, 0.25) is 17.7 Å². The van der Waals surface area contributed by atoms with Crippen LogP contribution in [0, 0.1) is 11.8 Å². The number of carbonyl (C=O) groups excluding carboxylic acids is 3. The first-order chi connectivity index (χ1) is 11.0. The average molecular weight is 317 g/mol. The summed E-state index contributed by atoms with van der Waals surface area (Å²) in [6.45, 7) is 4.18. The highest BCUT2D eigenvalue weighted by molar-refractivity contribution is 5.99. The van der Waals surface area contributed by atoms with Crippen LogP contribution in [0.2, 0.25) is 0 Å². The van der Waals surface area contributed by atoms with Crippen LogP contribution in [-0.4, -0.2) is 24.3 Å². The molecule has 1 saturated carbocycles. The number of anilines is 2. The Labute approximate surface area is 136 Å². The van der Waals surface area contributed by atoms with Crippen molar-refractivity contribution in [2.75, 3.05) is 17.2 Å². The van der Waals surface area contributed by atoms with Gasteiger partial charge >= 0.3 is 0 Å². The molecule has 1 aromatic carbocycles. The minimum absolute atomic E-state index is 0.0281. The van der Waals surface area contributed by atoms with Crippen molar-refractivity contribution in [3.05, 3.63) is 24.3 Å². The maximum Gasteiger partial charge on any atom is 0.228 e. The SMILES string of the molecule is CCCCNC(=O)C1CC1C(=O)Nc1ccc(NC(C)=O)cc1. The van der Waals surface area contributed by atoms with Crippen LogP contribution >= 0.6 is 0 Å². The van der Waals surface area contributed by atoms with Gasteiger partial charge in [-0.2, -0.15) is 0 Å². The molecule has 1 aliphatic carbocycles. The number of hydrogen-bond acceptors (Lipinski definition) is 3. The van der Waals surface area contributed by atoms with E-state index < -0.39 is 0 Å². The highest BCUT2D eigenvalue weighted by Crippen LogP contribution is 2.39. The molecule has 0 spiro atoms. The van der Waals surface area contributed by atoms with Gasteiger partial charge in [-0.25, -0.2) is 0 Å². The van der Waals surface area contributed by atoms with Gasteiger partial charge in [0.05, 0.1) is 11.8 Å². The predicted octanol–water partition coefficient (Wildman–Crippen LogP) is 2.14. The molecule has 0 radical (unpaired) electrons.